The van der Waals surface area contributed by atoms with Crippen LogP contribution in [0.2, 0.25) is 0 Å². The van der Waals surface area contributed by atoms with E-state index in [9.17, 15) is 22.4 Å². The quantitative estimate of drug-likeness (QED) is 0.747. The van der Waals surface area contributed by atoms with E-state index >= 15 is 0 Å². The topological polar surface area (TPSA) is 72.3 Å². The predicted octanol–water partition coefficient (Wildman–Crippen LogP) is 3.20. The number of carbonyl (C=O) groups is 1. The van der Waals surface area contributed by atoms with Crippen LogP contribution in [0.4, 0.5) is 23.2 Å². The van der Waals surface area contributed by atoms with Crippen LogP contribution >= 0.6 is 0 Å². The SMILES string of the molecule is N#CC1C[C@H](F)CN1C(=O)CN1CC[C@@H](Nc2cc(C(F)(F)F)cc3ncccc23)C1. The van der Waals surface area contributed by atoms with Gasteiger partial charge in [0.05, 0.1) is 30.2 Å². The molecular weight excluding hydrogens is 414 g/mol. The molecule has 1 aromatic carbocycles. The van der Waals surface area contributed by atoms with Crippen LogP contribution in [0.3, 0.4) is 0 Å². The minimum Gasteiger partial charge on any atom is -0.380 e. The lowest BCUT2D eigenvalue weighted by molar-refractivity contribution is -0.137. The van der Waals surface area contributed by atoms with E-state index in [0.717, 1.165) is 12.1 Å². The summed E-state index contributed by atoms with van der Waals surface area (Å²) < 4.78 is 53.5. The van der Waals surface area contributed by atoms with Gasteiger partial charge in [-0.05, 0) is 30.7 Å². The fraction of sp³-hybridized carbons (Fsp3) is 0.476. The van der Waals surface area contributed by atoms with Gasteiger partial charge in [-0.15, -0.1) is 0 Å². The van der Waals surface area contributed by atoms with Gasteiger partial charge in [0.2, 0.25) is 5.91 Å². The Kier molecular flexibility index (Phi) is 5.71. The molecule has 2 fully saturated rings. The fourth-order valence-corrected chi connectivity index (χ4v) is 4.24. The lowest BCUT2D eigenvalue weighted by atomic mass is 10.1. The second kappa shape index (κ2) is 8.30. The molecule has 3 heterocycles. The van der Waals surface area contributed by atoms with E-state index < -0.39 is 24.0 Å². The van der Waals surface area contributed by atoms with Crippen molar-refractivity contribution in [2.45, 2.75) is 37.3 Å². The van der Waals surface area contributed by atoms with Gasteiger partial charge in [-0.2, -0.15) is 18.4 Å². The van der Waals surface area contributed by atoms with E-state index in [0.29, 0.717) is 30.6 Å². The zero-order chi connectivity index (χ0) is 22.2. The Bertz CT molecular complexity index is 1020. The van der Waals surface area contributed by atoms with Crippen molar-refractivity contribution in [3.05, 3.63) is 36.0 Å². The highest BCUT2D eigenvalue weighted by Crippen LogP contribution is 2.35. The second-order valence-electron chi connectivity index (χ2n) is 7.98. The maximum absolute atomic E-state index is 13.6. The lowest BCUT2D eigenvalue weighted by Crippen LogP contribution is -2.42. The first kappa shape index (κ1) is 21.3. The molecule has 164 valence electrons. The van der Waals surface area contributed by atoms with Gasteiger partial charge in [0.25, 0.3) is 0 Å². The van der Waals surface area contributed by atoms with E-state index in [2.05, 4.69) is 10.3 Å². The number of pyridine rings is 1. The largest absolute Gasteiger partial charge is 0.416 e. The Hall–Kier alpha value is -2.93. The van der Waals surface area contributed by atoms with Gasteiger partial charge >= 0.3 is 6.18 Å². The standard InChI is InChI=1S/C21H21F4N5O/c22-14-8-16(9-26)30(10-14)20(31)12-29-5-3-15(11-29)28-19-7-13(21(23,24)25)6-18-17(19)2-1-4-27-18/h1-2,4,6-7,14-16,28H,3,5,8,10-12H2/t14-,15+,16?/m0/s1. The highest BCUT2D eigenvalue weighted by molar-refractivity contribution is 5.92. The molecule has 0 radical (unpaired) electrons. The third-order valence-corrected chi connectivity index (χ3v) is 5.76. The summed E-state index contributed by atoms with van der Waals surface area (Å²) in [7, 11) is 0. The molecule has 0 aliphatic carbocycles. The highest BCUT2D eigenvalue weighted by atomic mass is 19.4. The lowest BCUT2D eigenvalue weighted by Gasteiger charge is -2.23. The van der Waals surface area contributed by atoms with Gasteiger partial charge in [-0.25, -0.2) is 4.39 Å². The minimum atomic E-state index is -4.49. The normalized spacial score (nSPS) is 24.5. The van der Waals surface area contributed by atoms with Gasteiger partial charge in [0, 0.05) is 42.8 Å². The highest BCUT2D eigenvalue weighted by Gasteiger charge is 2.37. The Labute approximate surface area is 176 Å². The molecule has 2 aliphatic heterocycles. The van der Waals surface area contributed by atoms with Crippen molar-refractivity contribution in [1.29, 1.82) is 5.26 Å². The molecule has 2 saturated heterocycles. The molecule has 3 atom stereocenters. The molecule has 6 nitrogen and oxygen atoms in total. The third kappa shape index (κ3) is 4.56. The summed E-state index contributed by atoms with van der Waals surface area (Å²) in [5.41, 5.74) is -0.175. The first-order valence-corrected chi connectivity index (χ1v) is 10.0. The summed E-state index contributed by atoms with van der Waals surface area (Å²) in [5.74, 6) is -0.305. The molecule has 4 rings (SSSR count). The summed E-state index contributed by atoms with van der Waals surface area (Å²) in [4.78, 5) is 19.7. The molecule has 31 heavy (non-hydrogen) atoms. The van der Waals surface area contributed by atoms with E-state index in [-0.39, 0.29) is 37.0 Å². The van der Waals surface area contributed by atoms with Crippen molar-refractivity contribution in [3.63, 3.8) is 0 Å². The van der Waals surface area contributed by atoms with Crippen molar-refractivity contribution in [2.24, 2.45) is 0 Å². The van der Waals surface area contributed by atoms with Crippen molar-refractivity contribution in [3.8, 4) is 6.07 Å². The first-order valence-electron chi connectivity index (χ1n) is 10.0. The number of fused-ring (bicyclic) bond motifs is 1. The molecule has 1 unspecified atom stereocenters. The summed E-state index contributed by atoms with van der Waals surface area (Å²) in [6.07, 6.45) is -3.56. The van der Waals surface area contributed by atoms with Crippen LogP contribution in [0.5, 0.6) is 0 Å². The number of halogens is 4. The molecule has 10 heteroatoms. The summed E-state index contributed by atoms with van der Waals surface area (Å²) in [6.45, 7) is 1.00. The number of amides is 1. The van der Waals surface area contributed by atoms with Gasteiger partial charge < -0.3 is 10.2 Å². The summed E-state index contributed by atoms with van der Waals surface area (Å²) in [6, 6.07) is 6.55. The van der Waals surface area contributed by atoms with Crippen LogP contribution in [0.25, 0.3) is 10.9 Å². The number of anilines is 1. The van der Waals surface area contributed by atoms with Crippen LogP contribution in [0.15, 0.2) is 30.5 Å². The number of alkyl halides is 4. The van der Waals surface area contributed by atoms with Crippen LogP contribution < -0.4 is 5.32 Å². The number of nitrogens with zero attached hydrogens (tertiary/aromatic N) is 4. The molecule has 2 aromatic rings. The van der Waals surface area contributed by atoms with Crippen molar-refractivity contribution in [1.82, 2.24) is 14.8 Å². The van der Waals surface area contributed by atoms with E-state index in [1.54, 1.807) is 12.1 Å². The Morgan fingerprint density at radius 1 is 1.32 bits per heavy atom. The Morgan fingerprint density at radius 2 is 2.13 bits per heavy atom. The van der Waals surface area contributed by atoms with Crippen molar-refractivity contribution in [2.75, 3.05) is 31.5 Å². The van der Waals surface area contributed by atoms with E-state index in [1.165, 1.54) is 11.1 Å². The molecule has 2 aliphatic rings. The molecular formula is C21H21F4N5O. The van der Waals surface area contributed by atoms with Crippen LogP contribution in [-0.4, -0.2) is 65.1 Å². The van der Waals surface area contributed by atoms with Crippen LogP contribution in [-0.2, 0) is 11.0 Å². The van der Waals surface area contributed by atoms with Gasteiger partial charge in [-0.1, -0.05) is 0 Å². The molecule has 1 aromatic heterocycles. The minimum absolute atomic E-state index is 0.0308. The van der Waals surface area contributed by atoms with Crippen molar-refractivity contribution < 1.29 is 22.4 Å². The first-order chi connectivity index (χ1) is 14.7. The number of nitriles is 1. The average molecular weight is 435 g/mol. The van der Waals surface area contributed by atoms with Gasteiger partial charge in [0.15, 0.2) is 0 Å². The number of nitrogens with one attached hydrogen (secondary N) is 1. The van der Waals surface area contributed by atoms with Crippen LogP contribution in [0, 0.1) is 11.3 Å². The third-order valence-electron chi connectivity index (χ3n) is 5.76. The van der Waals surface area contributed by atoms with E-state index in [1.807, 2.05) is 11.0 Å². The molecule has 1 amide bonds. The number of rotatable bonds is 4. The van der Waals surface area contributed by atoms with Gasteiger partial charge in [-0.3, -0.25) is 14.7 Å². The predicted molar refractivity (Wildman–Crippen MR) is 106 cm³/mol. The zero-order valence-corrected chi connectivity index (χ0v) is 16.6. The smallest absolute Gasteiger partial charge is 0.380 e. The molecule has 1 N–H and O–H groups in total. The maximum atomic E-state index is 13.6. The molecule has 0 saturated carbocycles. The summed E-state index contributed by atoms with van der Waals surface area (Å²) in [5, 5.41) is 12.9. The number of likely N-dealkylation sites (tertiary alicyclic amines) is 2. The summed E-state index contributed by atoms with van der Waals surface area (Å²) >= 11 is 0. The van der Waals surface area contributed by atoms with E-state index in [4.69, 9.17) is 5.26 Å². The van der Waals surface area contributed by atoms with Crippen LogP contribution in [0.1, 0.15) is 18.4 Å². The monoisotopic (exact) mass is 435 g/mol. The molecule has 0 spiro atoms. The molecule has 0 bridgehead atoms. The number of carbonyl (C=O) groups excluding carboxylic acids is 1. The average Bonchev–Trinajstić information content (AvgIpc) is 3.33. The Balaban J connectivity index is 1.44. The number of benzene rings is 1. The number of aromatic nitrogens is 1. The van der Waals surface area contributed by atoms with Crippen molar-refractivity contribution >= 4 is 22.5 Å². The number of hydrogen-bond donors (Lipinski definition) is 1. The second-order valence-corrected chi connectivity index (χ2v) is 7.98. The Morgan fingerprint density at radius 3 is 2.87 bits per heavy atom. The fourth-order valence-electron chi connectivity index (χ4n) is 4.24. The maximum Gasteiger partial charge on any atom is 0.416 e. The van der Waals surface area contributed by atoms with Gasteiger partial charge in [0.1, 0.15) is 12.2 Å². The zero-order valence-electron chi connectivity index (χ0n) is 16.6. The number of hydrogen-bond acceptors (Lipinski definition) is 5.